The molecule has 1 fully saturated rings. The molecular formula is C16H24ClFN2. The SMILES string of the molecule is CC1CCC(C(Cc2ccc(F)cc2Cl)NN)CC1C. The third-order valence-electron chi connectivity index (χ3n) is 4.88. The summed E-state index contributed by atoms with van der Waals surface area (Å²) < 4.78 is 13.1. The van der Waals surface area contributed by atoms with Crippen LogP contribution in [0.1, 0.15) is 38.7 Å². The molecule has 4 unspecified atom stereocenters. The van der Waals surface area contributed by atoms with Gasteiger partial charge in [-0.1, -0.05) is 37.9 Å². The van der Waals surface area contributed by atoms with Crippen LogP contribution in [0.2, 0.25) is 5.02 Å². The molecule has 0 heterocycles. The van der Waals surface area contributed by atoms with Gasteiger partial charge in [0.25, 0.3) is 0 Å². The molecule has 0 bridgehead atoms. The van der Waals surface area contributed by atoms with Gasteiger partial charge in [-0.05, 0) is 54.7 Å². The van der Waals surface area contributed by atoms with E-state index in [1.165, 1.54) is 31.4 Å². The third-order valence-corrected chi connectivity index (χ3v) is 5.23. The monoisotopic (exact) mass is 298 g/mol. The third kappa shape index (κ3) is 3.72. The van der Waals surface area contributed by atoms with Crippen LogP contribution in [-0.4, -0.2) is 6.04 Å². The number of nitrogens with one attached hydrogen (secondary N) is 1. The normalized spacial score (nSPS) is 28.4. The molecule has 0 aromatic heterocycles. The predicted octanol–water partition coefficient (Wildman–Crippen LogP) is 3.93. The van der Waals surface area contributed by atoms with Gasteiger partial charge >= 0.3 is 0 Å². The molecule has 3 N–H and O–H groups in total. The van der Waals surface area contributed by atoms with Crippen LogP contribution in [0.5, 0.6) is 0 Å². The van der Waals surface area contributed by atoms with Crippen LogP contribution in [0.15, 0.2) is 18.2 Å². The van der Waals surface area contributed by atoms with Crippen molar-refractivity contribution in [2.24, 2.45) is 23.6 Å². The van der Waals surface area contributed by atoms with Crippen molar-refractivity contribution >= 4 is 11.6 Å². The number of benzene rings is 1. The standard InChI is InChI=1S/C16H24ClFN2/c1-10-3-4-13(7-11(10)2)16(20-19)8-12-5-6-14(18)9-15(12)17/h5-6,9-11,13,16,20H,3-4,7-8,19H2,1-2H3. The summed E-state index contributed by atoms with van der Waals surface area (Å²) in [5, 5.41) is 0.488. The minimum absolute atomic E-state index is 0.202. The van der Waals surface area contributed by atoms with Crippen molar-refractivity contribution < 1.29 is 4.39 Å². The Hall–Kier alpha value is -0.640. The Morgan fingerprint density at radius 3 is 2.70 bits per heavy atom. The average molecular weight is 299 g/mol. The molecule has 0 saturated heterocycles. The highest BCUT2D eigenvalue weighted by atomic mass is 35.5. The van der Waals surface area contributed by atoms with E-state index in [9.17, 15) is 4.39 Å². The lowest BCUT2D eigenvalue weighted by atomic mass is 9.72. The Labute approximate surface area is 125 Å². The molecule has 1 aliphatic rings. The number of hydrazine groups is 1. The lowest BCUT2D eigenvalue weighted by molar-refractivity contribution is 0.170. The number of halogens is 2. The summed E-state index contributed by atoms with van der Waals surface area (Å²) in [4.78, 5) is 0. The molecule has 112 valence electrons. The highest BCUT2D eigenvalue weighted by Crippen LogP contribution is 2.36. The van der Waals surface area contributed by atoms with Gasteiger partial charge in [0.05, 0.1) is 0 Å². The smallest absolute Gasteiger partial charge is 0.124 e. The summed E-state index contributed by atoms with van der Waals surface area (Å²) in [6.45, 7) is 4.64. The van der Waals surface area contributed by atoms with E-state index < -0.39 is 0 Å². The molecule has 1 saturated carbocycles. The zero-order chi connectivity index (χ0) is 14.7. The van der Waals surface area contributed by atoms with E-state index >= 15 is 0 Å². The molecule has 2 rings (SSSR count). The Bertz CT molecular complexity index is 452. The van der Waals surface area contributed by atoms with Gasteiger partial charge in [0.15, 0.2) is 0 Å². The van der Waals surface area contributed by atoms with Gasteiger partial charge in [-0.3, -0.25) is 11.3 Å². The summed E-state index contributed by atoms with van der Waals surface area (Å²) in [6, 6.07) is 4.79. The van der Waals surface area contributed by atoms with Gasteiger partial charge in [0.1, 0.15) is 5.82 Å². The second kappa shape index (κ2) is 6.88. The first-order chi connectivity index (χ1) is 9.51. The molecular weight excluding hydrogens is 275 g/mol. The van der Waals surface area contributed by atoms with Crippen molar-refractivity contribution in [3.8, 4) is 0 Å². The molecule has 20 heavy (non-hydrogen) atoms. The first-order valence-electron chi connectivity index (χ1n) is 7.41. The van der Waals surface area contributed by atoms with Crippen molar-refractivity contribution in [3.63, 3.8) is 0 Å². The highest BCUT2D eigenvalue weighted by molar-refractivity contribution is 6.31. The van der Waals surface area contributed by atoms with Crippen LogP contribution < -0.4 is 11.3 Å². The maximum absolute atomic E-state index is 13.1. The van der Waals surface area contributed by atoms with E-state index in [1.807, 2.05) is 0 Å². The van der Waals surface area contributed by atoms with Gasteiger partial charge in [0.2, 0.25) is 0 Å². The molecule has 4 heteroatoms. The molecule has 1 aliphatic carbocycles. The van der Waals surface area contributed by atoms with Gasteiger partial charge in [-0.2, -0.15) is 0 Å². The minimum Gasteiger partial charge on any atom is -0.271 e. The average Bonchev–Trinajstić information content (AvgIpc) is 2.41. The fraction of sp³-hybridized carbons (Fsp3) is 0.625. The van der Waals surface area contributed by atoms with Crippen LogP contribution in [-0.2, 0) is 6.42 Å². The van der Waals surface area contributed by atoms with Crippen LogP contribution in [0.25, 0.3) is 0 Å². The van der Waals surface area contributed by atoms with Crippen molar-refractivity contribution in [3.05, 3.63) is 34.6 Å². The zero-order valence-electron chi connectivity index (χ0n) is 12.2. The fourth-order valence-corrected chi connectivity index (χ4v) is 3.48. The van der Waals surface area contributed by atoms with E-state index in [0.29, 0.717) is 10.9 Å². The van der Waals surface area contributed by atoms with E-state index in [0.717, 1.165) is 23.8 Å². The Morgan fingerprint density at radius 1 is 1.35 bits per heavy atom. The van der Waals surface area contributed by atoms with Crippen LogP contribution in [0.4, 0.5) is 4.39 Å². The maximum Gasteiger partial charge on any atom is 0.124 e. The molecule has 1 aromatic rings. The number of hydrogen-bond acceptors (Lipinski definition) is 2. The lowest BCUT2D eigenvalue weighted by Gasteiger charge is -2.36. The van der Waals surface area contributed by atoms with Crippen LogP contribution in [0, 0.1) is 23.6 Å². The number of rotatable bonds is 4. The summed E-state index contributed by atoms with van der Waals surface area (Å²) in [5.74, 6) is 7.53. The van der Waals surface area contributed by atoms with Crippen molar-refractivity contribution in [1.82, 2.24) is 5.43 Å². The maximum atomic E-state index is 13.1. The van der Waals surface area contributed by atoms with Crippen molar-refractivity contribution in [2.75, 3.05) is 0 Å². The Balaban J connectivity index is 2.05. The molecule has 0 radical (unpaired) electrons. The van der Waals surface area contributed by atoms with E-state index in [2.05, 4.69) is 19.3 Å². The highest BCUT2D eigenvalue weighted by Gasteiger charge is 2.30. The zero-order valence-corrected chi connectivity index (χ0v) is 13.0. The number of hydrogen-bond donors (Lipinski definition) is 2. The fourth-order valence-electron chi connectivity index (χ4n) is 3.24. The second-order valence-corrected chi connectivity index (χ2v) is 6.65. The topological polar surface area (TPSA) is 38.0 Å². The van der Waals surface area contributed by atoms with Crippen LogP contribution in [0.3, 0.4) is 0 Å². The van der Waals surface area contributed by atoms with E-state index in [1.54, 1.807) is 6.07 Å². The molecule has 1 aromatic carbocycles. The van der Waals surface area contributed by atoms with Crippen molar-refractivity contribution in [1.29, 1.82) is 0 Å². The Kier molecular flexibility index (Phi) is 5.42. The van der Waals surface area contributed by atoms with Crippen molar-refractivity contribution in [2.45, 2.75) is 45.6 Å². The van der Waals surface area contributed by atoms with Gasteiger partial charge in [-0.25, -0.2) is 4.39 Å². The largest absolute Gasteiger partial charge is 0.271 e. The van der Waals surface area contributed by atoms with E-state index in [4.69, 9.17) is 17.4 Å². The predicted molar refractivity (Wildman–Crippen MR) is 81.9 cm³/mol. The van der Waals surface area contributed by atoms with Gasteiger partial charge < -0.3 is 0 Å². The molecule has 2 nitrogen and oxygen atoms in total. The molecule has 0 aliphatic heterocycles. The van der Waals surface area contributed by atoms with Gasteiger partial charge in [-0.15, -0.1) is 0 Å². The molecule has 0 amide bonds. The summed E-state index contributed by atoms with van der Waals surface area (Å²) >= 11 is 6.11. The summed E-state index contributed by atoms with van der Waals surface area (Å²) in [5.41, 5.74) is 3.91. The molecule has 4 atom stereocenters. The first kappa shape index (κ1) is 15.7. The van der Waals surface area contributed by atoms with Crippen LogP contribution >= 0.6 is 11.6 Å². The lowest BCUT2D eigenvalue weighted by Crippen LogP contribution is -2.44. The second-order valence-electron chi connectivity index (χ2n) is 6.24. The Morgan fingerprint density at radius 2 is 2.10 bits per heavy atom. The summed E-state index contributed by atoms with van der Waals surface area (Å²) in [7, 11) is 0. The summed E-state index contributed by atoms with van der Waals surface area (Å²) in [6.07, 6.45) is 4.39. The number of nitrogens with two attached hydrogens (primary N) is 1. The van der Waals surface area contributed by atoms with Gasteiger partial charge in [0, 0.05) is 11.1 Å². The van der Waals surface area contributed by atoms with E-state index in [-0.39, 0.29) is 11.9 Å². The minimum atomic E-state index is -0.295. The quantitative estimate of drug-likeness (QED) is 0.653. The first-order valence-corrected chi connectivity index (χ1v) is 7.79. The molecule has 0 spiro atoms.